The third-order valence-corrected chi connectivity index (χ3v) is 6.62. The number of H-pyrrole nitrogens is 1. The van der Waals surface area contributed by atoms with Crippen LogP contribution >= 0.6 is 27.3 Å². The smallest absolute Gasteiger partial charge is 0.408 e. The summed E-state index contributed by atoms with van der Waals surface area (Å²) in [6.07, 6.45) is 4.01. The number of aromatic amines is 1. The molecule has 2 fully saturated rings. The third-order valence-electron chi connectivity index (χ3n) is 5.00. The molecule has 2 aromatic rings. The molecule has 1 saturated heterocycles. The molecule has 8 heteroatoms. The Labute approximate surface area is 144 Å². The molecule has 0 spiro atoms. The van der Waals surface area contributed by atoms with Gasteiger partial charge in [-0.3, -0.25) is 9.69 Å². The summed E-state index contributed by atoms with van der Waals surface area (Å²) in [7, 11) is 0. The number of rotatable bonds is 1. The number of hydrogen-bond acceptors (Lipinski definition) is 4. The summed E-state index contributed by atoms with van der Waals surface area (Å²) in [5.41, 5.74) is 0.432. The molecule has 0 aromatic carbocycles. The molecule has 122 valence electrons. The summed E-state index contributed by atoms with van der Waals surface area (Å²) in [6, 6.07) is 1.52. The predicted octanol–water partition coefficient (Wildman–Crippen LogP) is 3.73. The van der Waals surface area contributed by atoms with E-state index in [1.807, 2.05) is 6.07 Å². The summed E-state index contributed by atoms with van der Waals surface area (Å²) in [5.74, 6) is 0.852. The molecule has 2 N–H and O–H groups in total. The van der Waals surface area contributed by atoms with Crippen LogP contribution in [-0.4, -0.2) is 32.1 Å². The van der Waals surface area contributed by atoms with E-state index < -0.39 is 6.09 Å². The fourth-order valence-electron chi connectivity index (χ4n) is 4.07. The first-order valence-electron chi connectivity index (χ1n) is 7.75. The van der Waals surface area contributed by atoms with Crippen LogP contribution in [0.1, 0.15) is 44.0 Å². The standard InChI is InChI=1S/C15H16BrN3O3S/c16-11-6-8-12(23-11)14(20)18-13(17-8)10-5-7-3-1-2-4-9(7)19(10)15(21)22/h6-7,9-10H,1-5H2,(H,21,22)(H,17,18,20)/t7-,9-,10-/m0/s1. The van der Waals surface area contributed by atoms with Crippen LogP contribution in [0.4, 0.5) is 4.79 Å². The monoisotopic (exact) mass is 397 g/mol. The Balaban J connectivity index is 1.79. The van der Waals surface area contributed by atoms with E-state index in [0.717, 1.165) is 35.9 Å². The van der Waals surface area contributed by atoms with E-state index in [0.29, 0.717) is 22.0 Å². The lowest BCUT2D eigenvalue weighted by Gasteiger charge is -2.31. The summed E-state index contributed by atoms with van der Waals surface area (Å²) in [6.45, 7) is 0. The summed E-state index contributed by atoms with van der Waals surface area (Å²) in [4.78, 5) is 33.0. The van der Waals surface area contributed by atoms with Crippen LogP contribution in [-0.2, 0) is 0 Å². The van der Waals surface area contributed by atoms with Gasteiger partial charge in [0.1, 0.15) is 10.5 Å². The first-order chi connectivity index (χ1) is 11.0. The van der Waals surface area contributed by atoms with E-state index in [-0.39, 0.29) is 17.6 Å². The molecule has 0 unspecified atom stereocenters. The molecular weight excluding hydrogens is 382 g/mol. The summed E-state index contributed by atoms with van der Waals surface area (Å²) < 4.78 is 1.41. The number of nitrogens with zero attached hydrogens (tertiary/aromatic N) is 2. The average Bonchev–Trinajstić information content (AvgIpc) is 3.07. The van der Waals surface area contributed by atoms with Gasteiger partial charge in [-0.1, -0.05) is 12.8 Å². The number of thiophene rings is 1. The maximum absolute atomic E-state index is 12.3. The number of carbonyl (C=O) groups is 1. The van der Waals surface area contributed by atoms with Crippen molar-refractivity contribution in [3.05, 3.63) is 26.0 Å². The number of amides is 1. The highest BCUT2D eigenvalue weighted by Gasteiger charge is 2.46. The maximum Gasteiger partial charge on any atom is 0.408 e. The Hall–Kier alpha value is -1.41. The number of likely N-dealkylation sites (tertiary alicyclic amines) is 1. The zero-order valence-corrected chi connectivity index (χ0v) is 14.7. The molecular formula is C15H16BrN3O3S. The first kappa shape index (κ1) is 15.1. The van der Waals surface area contributed by atoms with Crippen molar-refractivity contribution in [1.82, 2.24) is 14.9 Å². The maximum atomic E-state index is 12.3. The molecule has 1 saturated carbocycles. The lowest BCUT2D eigenvalue weighted by atomic mass is 9.85. The zero-order chi connectivity index (χ0) is 16.1. The second kappa shape index (κ2) is 5.59. The van der Waals surface area contributed by atoms with Crippen LogP contribution in [0.5, 0.6) is 0 Å². The van der Waals surface area contributed by atoms with Gasteiger partial charge in [0, 0.05) is 6.04 Å². The van der Waals surface area contributed by atoms with Crippen LogP contribution in [0.2, 0.25) is 0 Å². The molecule has 0 bridgehead atoms. The second-order valence-corrected chi connectivity index (χ2v) is 8.70. The van der Waals surface area contributed by atoms with Crippen molar-refractivity contribution < 1.29 is 9.90 Å². The van der Waals surface area contributed by atoms with Crippen LogP contribution in [0, 0.1) is 5.92 Å². The first-order valence-corrected chi connectivity index (χ1v) is 9.36. The molecule has 0 radical (unpaired) electrons. The Bertz CT molecular complexity index is 833. The van der Waals surface area contributed by atoms with Gasteiger partial charge in [-0.15, -0.1) is 11.3 Å². The normalized spacial score (nSPS) is 27.3. The van der Waals surface area contributed by atoms with Crippen LogP contribution in [0.25, 0.3) is 10.2 Å². The van der Waals surface area contributed by atoms with Gasteiger partial charge in [-0.05, 0) is 47.2 Å². The van der Waals surface area contributed by atoms with E-state index in [1.54, 1.807) is 0 Å². The van der Waals surface area contributed by atoms with Gasteiger partial charge in [-0.25, -0.2) is 9.78 Å². The Morgan fingerprint density at radius 1 is 1.43 bits per heavy atom. The Morgan fingerprint density at radius 3 is 3.00 bits per heavy atom. The van der Waals surface area contributed by atoms with E-state index in [4.69, 9.17) is 0 Å². The molecule has 6 nitrogen and oxygen atoms in total. The van der Waals surface area contributed by atoms with E-state index in [2.05, 4.69) is 25.9 Å². The van der Waals surface area contributed by atoms with Crippen LogP contribution < -0.4 is 5.56 Å². The van der Waals surface area contributed by atoms with Gasteiger partial charge in [0.05, 0.1) is 15.3 Å². The Kier molecular flexibility index (Phi) is 3.68. The number of hydrogen-bond donors (Lipinski definition) is 2. The highest BCUT2D eigenvalue weighted by molar-refractivity contribution is 9.11. The average molecular weight is 398 g/mol. The molecule has 3 heterocycles. The topological polar surface area (TPSA) is 86.3 Å². The van der Waals surface area contributed by atoms with Gasteiger partial charge < -0.3 is 10.1 Å². The minimum absolute atomic E-state index is 0.0569. The molecule has 3 atom stereocenters. The fourth-order valence-corrected chi connectivity index (χ4v) is 5.49. The number of fused-ring (bicyclic) bond motifs is 2. The molecule has 1 aliphatic heterocycles. The molecule has 1 aliphatic carbocycles. The molecule has 1 amide bonds. The third kappa shape index (κ3) is 2.48. The number of carboxylic acid groups (broad SMARTS) is 1. The van der Waals surface area contributed by atoms with Crippen molar-refractivity contribution in [2.75, 3.05) is 0 Å². The van der Waals surface area contributed by atoms with Gasteiger partial charge in [0.2, 0.25) is 0 Å². The molecule has 2 aromatic heterocycles. The van der Waals surface area contributed by atoms with Gasteiger partial charge >= 0.3 is 6.09 Å². The Morgan fingerprint density at radius 2 is 2.22 bits per heavy atom. The number of nitrogens with one attached hydrogen (secondary N) is 1. The predicted molar refractivity (Wildman–Crippen MR) is 90.9 cm³/mol. The van der Waals surface area contributed by atoms with E-state index in [1.165, 1.54) is 16.2 Å². The molecule has 4 rings (SSSR count). The highest BCUT2D eigenvalue weighted by atomic mass is 79.9. The fraction of sp³-hybridized carbons (Fsp3) is 0.533. The van der Waals surface area contributed by atoms with E-state index >= 15 is 0 Å². The minimum atomic E-state index is -0.918. The van der Waals surface area contributed by atoms with Gasteiger partial charge in [-0.2, -0.15) is 0 Å². The second-order valence-electron chi connectivity index (χ2n) is 6.27. The molecule has 23 heavy (non-hydrogen) atoms. The van der Waals surface area contributed by atoms with Gasteiger partial charge in [0.15, 0.2) is 0 Å². The van der Waals surface area contributed by atoms with E-state index in [9.17, 15) is 14.7 Å². The van der Waals surface area contributed by atoms with Gasteiger partial charge in [0.25, 0.3) is 5.56 Å². The SMILES string of the molecule is O=C(O)N1[C@H](c2nc3cc(Br)sc3c(=O)[nH]2)C[C@@H]2CCCC[C@@H]21. The van der Waals surface area contributed by atoms with Crippen molar-refractivity contribution in [1.29, 1.82) is 0 Å². The van der Waals surface area contributed by atoms with Crippen LogP contribution in [0.15, 0.2) is 14.6 Å². The largest absolute Gasteiger partial charge is 0.465 e. The summed E-state index contributed by atoms with van der Waals surface area (Å²) in [5, 5.41) is 9.67. The van der Waals surface area contributed by atoms with Crippen molar-refractivity contribution in [3.8, 4) is 0 Å². The van der Waals surface area contributed by atoms with Crippen LogP contribution in [0.3, 0.4) is 0 Å². The summed E-state index contributed by atoms with van der Waals surface area (Å²) >= 11 is 4.71. The lowest BCUT2D eigenvalue weighted by Crippen LogP contribution is -2.40. The van der Waals surface area contributed by atoms with Crippen molar-refractivity contribution in [2.45, 2.75) is 44.2 Å². The number of aromatic nitrogens is 2. The number of halogens is 1. The zero-order valence-electron chi connectivity index (χ0n) is 12.3. The van der Waals surface area contributed by atoms with Crippen molar-refractivity contribution in [3.63, 3.8) is 0 Å². The quantitative estimate of drug-likeness (QED) is 0.767. The highest BCUT2D eigenvalue weighted by Crippen LogP contribution is 2.45. The van der Waals surface area contributed by atoms with Crippen molar-refractivity contribution >= 4 is 43.6 Å². The lowest BCUT2D eigenvalue weighted by molar-refractivity contribution is 0.106. The minimum Gasteiger partial charge on any atom is -0.465 e. The van der Waals surface area contributed by atoms with Crippen molar-refractivity contribution in [2.24, 2.45) is 5.92 Å². The molecule has 2 aliphatic rings.